The van der Waals surface area contributed by atoms with Crippen LogP contribution in [0.3, 0.4) is 0 Å². The number of ether oxygens (including phenoxy) is 1. The minimum Gasteiger partial charge on any atom is -0.444 e. The first kappa shape index (κ1) is 13.8. The van der Waals surface area contributed by atoms with Crippen LogP contribution in [0.25, 0.3) is 0 Å². The van der Waals surface area contributed by atoms with Gasteiger partial charge in [-0.3, -0.25) is 4.98 Å². The standard InChI is InChI=1S/C15H22N2O2/c1-15(2,3)19-14(18)17-11-5-4-6-13(17)12-7-9-16-10-8-12/h7-10,13H,4-6,11H2,1-3H3. The van der Waals surface area contributed by atoms with E-state index < -0.39 is 5.60 Å². The molecule has 0 spiro atoms. The molecule has 19 heavy (non-hydrogen) atoms. The van der Waals surface area contributed by atoms with Crippen molar-refractivity contribution in [1.29, 1.82) is 0 Å². The molecule has 1 aromatic rings. The average molecular weight is 262 g/mol. The van der Waals surface area contributed by atoms with Crippen LogP contribution in [0.2, 0.25) is 0 Å². The van der Waals surface area contributed by atoms with Crippen molar-refractivity contribution in [2.75, 3.05) is 6.54 Å². The number of carbonyl (C=O) groups is 1. The Morgan fingerprint density at radius 3 is 2.63 bits per heavy atom. The van der Waals surface area contributed by atoms with Gasteiger partial charge < -0.3 is 9.64 Å². The fraction of sp³-hybridized carbons (Fsp3) is 0.600. The van der Waals surface area contributed by atoms with Gasteiger partial charge in [-0.15, -0.1) is 0 Å². The Morgan fingerprint density at radius 1 is 1.32 bits per heavy atom. The third-order valence-electron chi connectivity index (χ3n) is 3.22. The van der Waals surface area contributed by atoms with Crippen LogP contribution in [0.15, 0.2) is 24.5 Å². The van der Waals surface area contributed by atoms with Crippen LogP contribution in [0.5, 0.6) is 0 Å². The zero-order chi connectivity index (χ0) is 13.9. The molecule has 1 amide bonds. The number of aromatic nitrogens is 1. The van der Waals surface area contributed by atoms with Gasteiger partial charge in [-0.25, -0.2) is 4.79 Å². The highest BCUT2D eigenvalue weighted by molar-refractivity contribution is 5.69. The molecule has 0 aromatic carbocycles. The molecule has 0 aliphatic carbocycles. The smallest absolute Gasteiger partial charge is 0.410 e. The zero-order valence-corrected chi connectivity index (χ0v) is 11.9. The first-order valence-electron chi connectivity index (χ1n) is 6.87. The van der Waals surface area contributed by atoms with Crippen LogP contribution in [0.1, 0.15) is 51.6 Å². The van der Waals surface area contributed by atoms with Crippen LogP contribution < -0.4 is 0 Å². The second-order valence-corrected chi connectivity index (χ2v) is 5.97. The average Bonchev–Trinajstić information content (AvgIpc) is 2.38. The second kappa shape index (κ2) is 5.59. The summed E-state index contributed by atoms with van der Waals surface area (Å²) in [6.07, 6.45) is 6.51. The summed E-state index contributed by atoms with van der Waals surface area (Å²) < 4.78 is 5.50. The minimum atomic E-state index is -0.447. The summed E-state index contributed by atoms with van der Waals surface area (Å²) in [7, 11) is 0. The molecule has 0 bridgehead atoms. The molecule has 0 saturated carbocycles. The van der Waals surface area contributed by atoms with Crippen LogP contribution in [0, 0.1) is 0 Å². The third-order valence-corrected chi connectivity index (χ3v) is 3.22. The molecule has 2 heterocycles. The molecule has 1 aliphatic heterocycles. The van der Waals surface area contributed by atoms with E-state index in [9.17, 15) is 4.79 Å². The van der Waals surface area contributed by atoms with Crippen molar-refractivity contribution in [1.82, 2.24) is 9.88 Å². The Labute approximate surface area is 114 Å². The SMILES string of the molecule is CC(C)(C)OC(=O)N1CCCCC1c1ccncc1. The summed E-state index contributed by atoms with van der Waals surface area (Å²) in [5.41, 5.74) is 0.692. The first-order chi connectivity index (χ1) is 8.97. The van der Waals surface area contributed by atoms with Crippen LogP contribution in [-0.2, 0) is 4.74 Å². The van der Waals surface area contributed by atoms with Gasteiger partial charge in [0.25, 0.3) is 0 Å². The predicted octanol–water partition coefficient (Wildman–Crippen LogP) is 3.54. The lowest BCUT2D eigenvalue weighted by molar-refractivity contribution is 0.00950. The van der Waals surface area contributed by atoms with E-state index in [1.54, 1.807) is 12.4 Å². The van der Waals surface area contributed by atoms with Crippen molar-refractivity contribution < 1.29 is 9.53 Å². The zero-order valence-electron chi connectivity index (χ0n) is 11.9. The van der Waals surface area contributed by atoms with Gasteiger partial charge in [0.1, 0.15) is 5.60 Å². The van der Waals surface area contributed by atoms with Gasteiger partial charge in [-0.1, -0.05) is 0 Å². The van der Waals surface area contributed by atoms with Gasteiger partial charge in [-0.05, 0) is 57.7 Å². The summed E-state index contributed by atoms with van der Waals surface area (Å²) in [6, 6.07) is 4.08. The van der Waals surface area contributed by atoms with E-state index >= 15 is 0 Å². The Morgan fingerprint density at radius 2 is 2.00 bits per heavy atom. The van der Waals surface area contributed by atoms with Gasteiger partial charge in [0.15, 0.2) is 0 Å². The van der Waals surface area contributed by atoms with Crippen molar-refractivity contribution >= 4 is 6.09 Å². The molecule has 1 atom stereocenters. The topological polar surface area (TPSA) is 42.4 Å². The lowest BCUT2D eigenvalue weighted by Gasteiger charge is -2.37. The molecule has 4 heteroatoms. The molecular weight excluding hydrogens is 240 g/mol. The normalized spacial score (nSPS) is 20.2. The van der Waals surface area contributed by atoms with Gasteiger partial charge in [0.05, 0.1) is 6.04 Å². The Balaban J connectivity index is 2.15. The lowest BCUT2D eigenvalue weighted by Crippen LogP contribution is -2.41. The van der Waals surface area contributed by atoms with Crippen LogP contribution >= 0.6 is 0 Å². The number of hydrogen-bond acceptors (Lipinski definition) is 3. The van der Waals surface area contributed by atoms with E-state index in [1.165, 1.54) is 0 Å². The lowest BCUT2D eigenvalue weighted by atomic mass is 9.96. The molecule has 2 rings (SSSR count). The fourth-order valence-electron chi connectivity index (χ4n) is 2.40. The fourth-order valence-corrected chi connectivity index (χ4v) is 2.40. The summed E-state index contributed by atoms with van der Waals surface area (Å²) >= 11 is 0. The van der Waals surface area contributed by atoms with E-state index in [1.807, 2.05) is 37.8 Å². The number of pyridine rings is 1. The molecule has 1 aromatic heterocycles. The number of piperidine rings is 1. The molecule has 0 N–H and O–H groups in total. The summed E-state index contributed by atoms with van der Waals surface area (Å²) in [6.45, 7) is 6.46. The number of likely N-dealkylation sites (tertiary alicyclic amines) is 1. The molecule has 1 saturated heterocycles. The molecule has 104 valence electrons. The van der Waals surface area contributed by atoms with Crippen LogP contribution in [0.4, 0.5) is 4.79 Å². The number of amides is 1. The quantitative estimate of drug-likeness (QED) is 0.777. The summed E-state index contributed by atoms with van der Waals surface area (Å²) in [4.78, 5) is 18.2. The molecule has 1 aliphatic rings. The van der Waals surface area contributed by atoms with Gasteiger partial charge in [0, 0.05) is 18.9 Å². The molecule has 1 unspecified atom stereocenters. The maximum absolute atomic E-state index is 12.3. The van der Waals surface area contributed by atoms with E-state index in [0.717, 1.165) is 31.4 Å². The number of nitrogens with zero attached hydrogens (tertiary/aromatic N) is 2. The van der Waals surface area contributed by atoms with Crippen LogP contribution in [-0.4, -0.2) is 28.1 Å². The first-order valence-corrected chi connectivity index (χ1v) is 6.87. The summed E-state index contributed by atoms with van der Waals surface area (Å²) in [5, 5.41) is 0. The Bertz CT molecular complexity index is 426. The summed E-state index contributed by atoms with van der Waals surface area (Å²) in [5.74, 6) is 0. The minimum absolute atomic E-state index is 0.117. The van der Waals surface area contributed by atoms with Crippen molar-refractivity contribution in [3.63, 3.8) is 0 Å². The highest BCUT2D eigenvalue weighted by Crippen LogP contribution is 2.31. The van der Waals surface area contributed by atoms with Gasteiger partial charge >= 0.3 is 6.09 Å². The van der Waals surface area contributed by atoms with Crippen molar-refractivity contribution in [3.05, 3.63) is 30.1 Å². The monoisotopic (exact) mass is 262 g/mol. The Hall–Kier alpha value is -1.58. The molecule has 0 radical (unpaired) electrons. The van der Waals surface area contributed by atoms with Crippen molar-refractivity contribution in [3.8, 4) is 0 Å². The van der Waals surface area contributed by atoms with E-state index in [2.05, 4.69) is 4.98 Å². The third kappa shape index (κ3) is 3.69. The predicted molar refractivity (Wildman–Crippen MR) is 73.8 cm³/mol. The molecule has 4 nitrogen and oxygen atoms in total. The maximum Gasteiger partial charge on any atom is 0.410 e. The number of rotatable bonds is 1. The van der Waals surface area contributed by atoms with Crippen molar-refractivity contribution in [2.45, 2.75) is 51.7 Å². The second-order valence-electron chi connectivity index (χ2n) is 5.97. The maximum atomic E-state index is 12.3. The molecule has 1 fully saturated rings. The number of hydrogen-bond donors (Lipinski definition) is 0. The van der Waals surface area contributed by atoms with Crippen molar-refractivity contribution in [2.24, 2.45) is 0 Å². The van der Waals surface area contributed by atoms with E-state index in [0.29, 0.717) is 0 Å². The highest BCUT2D eigenvalue weighted by atomic mass is 16.6. The highest BCUT2D eigenvalue weighted by Gasteiger charge is 2.31. The van der Waals surface area contributed by atoms with E-state index in [4.69, 9.17) is 4.74 Å². The molecular formula is C15H22N2O2. The van der Waals surface area contributed by atoms with Gasteiger partial charge in [0.2, 0.25) is 0 Å². The van der Waals surface area contributed by atoms with Gasteiger partial charge in [-0.2, -0.15) is 0 Å². The number of carbonyl (C=O) groups excluding carboxylic acids is 1. The van der Waals surface area contributed by atoms with E-state index in [-0.39, 0.29) is 12.1 Å². The largest absolute Gasteiger partial charge is 0.444 e. The Kier molecular flexibility index (Phi) is 4.08.